The van der Waals surface area contributed by atoms with E-state index in [-0.39, 0.29) is 23.1 Å². The molecule has 2 aromatic heterocycles. The van der Waals surface area contributed by atoms with Crippen LogP contribution in [-0.4, -0.2) is 39.6 Å². The molecule has 0 aliphatic heterocycles. The predicted molar refractivity (Wildman–Crippen MR) is 101 cm³/mol. The van der Waals surface area contributed by atoms with Gasteiger partial charge in [-0.25, -0.2) is 8.42 Å². The maximum atomic E-state index is 12.6. The van der Waals surface area contributed by atoms with Crippen molar-refractivity contribution in [2.24, 2.45) is 14.1 Å². The number of amides is 1. The molecule has 3 aromatic rings. The fourth-order valence-electron chi connectivity index (χ4n) is 2.67. The summed E-state index contributed by atoms with van der Waals surface area (Å²) in [6, 6.07) is 6.53. The molecule has 1 aromatic carbocycles. The normalized spacial score (nSPS) is 11.5. The number of carbonyl (C=O) groups excluding carboxylic acids is 1. The lowest BCUT2D eigenvalue weighted by Gasteiger charge is -2.06. The van der Waals surface area contributed by atoms with Gasteiger partial charge in [0.15, 0.2) is 9.84 Å². The summed E-state index contributed by atoms with van der Waals surface area (Å²) >= 11 is 0. The number of hydrogen-bond donors (Lipinski definition) is 1. The van der Waals surface area contributed by atoms with Crippen LogP contribution in [0.3, 0.4) is 0 Å². The van der Waals surface area contributed by atoms with Gasteiger partial charge in [-0.2, -0.15) is 10.2 Å². The van der Waals surface area contributed by atoms with Crippen molar-refractivity contribution >= 4 is 15.7 Å². The summed E-state index contributed by atoms with van der Waals surface area (Å²) in [7, 11) is 0.327. The van der Waals surface area contributed by atoms with E-state index in [1.54, 1.807) is 73.2 Å². The van der Waals surface area contributed by atoms with Crippen molar-refractivity contribution in [2.45, 2.75) is 18.4 Å². The van der Waals surface area contributed by atoms with Gasteiger partial charge in [-0.3, -0.25) is 14.2 Å². The third-order valence-electron chi connectivity index (χ3n) is 4.17. The molecule has 0 radical (unpaired) electrons. The third kappa shape index (κ3) is 4.08. The highest BCUT2D eigenvalue weighted by Crippen LogP contribution is 2.21. The fraction of sp³-hybridized carbons (Fsp3) is 0.278. The largest absolute Gasteiger partial charge is 0.348 e. The minimum atomic E-state index is -3.23. The zero-order valence-corrected chi connectivity index (χ0v) is 16.2. The molecule has 0 atom stereocenters. The molecule has 0 fully saturated rings. The minimum absolute atomic E-state index is 0.0568. The van der Waals surface area contributed by atoms with Gasteiger partial charge >= 0.3 is 0 Å². The molecule has 2 heterocycles. The van der Waals surface area contributed by atoms with Crippen molar-refractivity contribution in [1.29, 1.82) is 0 Å². The van der Waals surface area contributed by atoms with Crippen LogP contribution in [0.4, 0.5) is 0 Å². The van der Waals surface area contributed by atoms with Crippen LogP contribution in [-0.2, 0) is 30.5 Å². The molecular formula is C18H21N5O3S. The summed E-state index contributed by atoms with van der Waals surface area (Å²) in [4.78, 5) is 12.9. The highest BCUT2D eigenvalue weighted by molar-refractivity contribution is 7.91. The van der Waals surface area contributed by atoms with E-state index in [9.17, 15) is 13.2 Å². The second-order valence-corrected chi connectivity index (χ2v) is 8.48. The smallest absolute Gasteiger partial charge is 0.255 e. The Morgan fingerprint density at radius 1 is 1.11 bits per heavy atom. The van der Waals surface area contributed by atoms with E-state index in [1.165, 1.54) is 0 Å². The Morgan fingerprint density at radius 3 is 2.41 bits per heavy atom. The molecule has 3 rings (SSSR count). The molecule has 27 heavy (non-hydrogen) atoms. The van der Waals surface area contributed by atoms with Crippen molar-refractivity contribution in [3.63, 3.8) is 0 Å². The van der Waals surface area contributed by atoms with Gasteiger partial charge in [0.1, 0.15) is 5.69 Å². The maximum absolute atomic E-state index is 12.6. The molecule has 0 aliphatic rings. The predicted octanol–water partition coefficient (Wildman–Crippen LogP) is 1.54. The topological polar surface area (TPSA) is 98.9 Å². The molecule has 0 aliphatic carbocycles. The van der Waals surface area contributed by atoms with Crippen molar-refractivity contribution in [3.05, 3.63) is 54.0 Å². The fourth-order valence-corrected chi connectivity index (χ4v) is 3.55. The number of rotatable bonds is 6. The van der Waals surface area contributed by atoms with Gasteiger partial charge in [0.05, 0.1) is 22.4 Å². The van der Waals surface area contributed by atoms with E-state index in [1.807, 2.05) is 0 Å². The number of sulfone groups is 1. The van der Waals surface area contributed by atoms with E-state index < -0.39 is 9.84 Å². The van der Waals surface area contributed by atoms with Gasteiger partial charge < -0.3 is 5.32 Å². The molecule has 0 bridgehead atoms. The van der Waals surface area contributed by atoms with Crippen LogP contribution in [0.25, 0.3) is 11.3 Å². The van der Waals surface area contributed by atoms with Gasteiger partial charge in [0.25, 0.3) is 5.91 Å². The van der Waals surface area contributed by atoms with Gasteiger partial charge in [-0.05, 0) is 17.7 Å². The van der Waals surface area contributed by atoms with Crippen LogP contribution in [0.5, 0.6) is 0 Å². The second-order valence-electron chi connectivity index (χ2n) is 6.20. The molecule has 0 unspecified atom stereocenters. The molecule has 8 nitrogen and oxygen atoms in total. The highest BCUT2D eigenvalue weighted by Gasteiger charge is 2.18. The lowest BCUT2D eigenvalue weighted by molar-refractivity contribution is 0.0951. The Kier molecular flexibility index (Phi) is 5.13. The Balaban J connectivity index is 1.74. The van der Waals surface area contributed by atoms with Crippen LogP contribution in [0, 0.1) is 0 Å². The Hall–Kier alpha value is -2.94. The summed E-state index contributed by atoms with van der Waals surface area (Å²) in [5.74, 6) is -0.200. The van der Waals surface area contributed by atoms with E-state index in [0.717, 1.165) is 11.1 Å². The third-order valence-corrected chi connectivity index (χ3v) is 5.92. The molecular weight excluding hydrogens is 366 g/mol. The molecule has 1 N–H and O–H groups in total. The van der Waals surface area contributed by atoms with Gasteiger partial charge in [0.2, 0.25) is 0 Å². The molecule has 0 saturated heterocycles. The van der Waals surface area contributed by atoms with Crippen molar-refractivity contribution < 1.29 is 13.2 Å². The summed E-state index contributed by atoms with van der Waals surface area (Å²) in [5, 5.41) is 11.3. The number of hydrogen-bond acceptors (Lipinski definition) is 5. The first-order chi connectivity index (χ1) is 12.8. The highest BCUT2D eigenvalue weighted by atomic mass is 32.2. The summed E-state index contributed by atoms with van der Waals surface area (Å²) in [6.45, 7) is 1.89. The summed E-state index contributed by atoms with van der Waals surface area (Å²) in [5.41, 5.74) is 2.59. The van der Waals surface area contributed by atoms with Crippen LogP contribution in [0.1, 0.15) is 22.8 Å². The lowest BCUT2D eigenvalue weighted by Crippen LogP contribution is -2.23. The average Bonchev–Trinajstić information content (AvgIpc) is 3.25. The molecule has 9 heteroatoms. The van der Waals surface area contributed by atoms with E-state index in [4.69, 9.17) is 0 Å². The van der Waals surface area contributed by atoms with Crippen LogP contribution >= 0.6 is 0 Å². The van der Waals surface area contributed by atoms with E-state index >= 15 is 0 Å². The number of benzene rings is 1. The first-order valence-electron chi connectivity index (χ1n) is 8.42. The van der Waals surface area contributed by atoms with Crippen LogP contribution in [0.15, 0.2) is 47.8 Å². The summed E-state index contributed by atoms with van der Waals surface area (Å²) in [6.07, 6.45) is 5.12. The lowest BCUT2D eigenvalue weighted by atomic mass is 10.1. The Morgan fingerprint density at radius 2 is 1.81 bits per heavy atom. The molecule has 0 spiro atoms. The quantitative estimate of drug-likeness (QED) is 0.692. The minimum Gasteiger partial charge on any atom is -0.348 e. The monoisotopic (exact) mass is 387 g/mol. The van der Waals surface area contributed by atoms with Gasteiger partial charge in [0, 0.05) is 38.6 Å². The Bertz CT molecular complexity index is 1060. The van der Waals surface area contributed by atoms with Crippen molar-refractivity contribution in [1.82, 2.24) is 24.9 Å². The second kappa shape index (κ2) is 7.36. The number of aryl methyl sites for hydroxylation is 2. The average molecular weight is 387 g/mol. The molecule has 142 valence electrons. The standard InChI is InChI=1S/C18H21N5O3S/c1-4-27(25,26)15-7-5-13(6-8-15)9-19-18(24)16-12-23(3)21-17(16)14-10-20-22(2)11-14/h5-8,10-12H,4,9H2,1-3H3,(H,19,24). The summed E-state index contributed by atoms with van der Waals surface area (Å²) < 4.78 is 26.9. The molecule has 0 saturated carbocycles. The van der Waals surface area contributed by atoms with Crippen molar-refractivity contribution in [3.8, 4) is 11.3 Å². The van der Waals surface area contributed by atoms with Crippen LogP contribution in [0.2, 0.25) is 0 Å². The zero-order chi connectivity index (χ0) is 19.6. The number of carbonyl (C=O) groups is 1. The zero-order valence-electron chi connectivity index (χ0n) is 15.4. The van der Waals surface area contributed by atoms with Crippen molar-refractivity contribution in [2.75, 3.05) is 5.75 Å². The number of nitrogens with zero attached hydrogens (tertiary/aromatic N) is 4. The number of nitrogens with one attached hydrogen (secondary N) is 1. The molecule has 1 amide bonds. The van der Waals surface area contributed by atoms with Gasteiger partial charge in [-0.15, -0.1) is 0 Å². The SMILES string of the molecule is CCS(=O)(=O)c1ccc(CNC(=O)c2cn(C)nc2-c2cnn(C)c2)cc1. The van der Waals surface area contributed by atoms with E-state index in [2.05, 4.69) is 15.5 Å². The van der Waals surface area contributed by atoms with E-state index in [0.29, 0.717) is 11.3 Å². The number of aromatic nitrogens is 4. The first kappa shape index (κ1) is 18.8. The Labute approximate surface area is 157 Å². The van der Waals surface area contributed by atoms with Crippen LogP contribution < -0.4 is 5.32 Å². The maximum Gasteiger partial charge on any atom is 0.255 e. The first-order valence-corrected chi connectivity index (χ1v) is 10.1. The van der Waals surface area contributed by atoms with Gasteiger partial charge in [-0.1, -0.05) is 19.1 Å².